The molecule has 4 atom stereocenters. The quantitative estimate of drug-likeness (QED) is 0.750. The number of halogens is 2. The number of ether oxygens (including phenoxy) is 1. The van der Waals surface area contributed by atoms with Crippen molar-refractivity contribution in [1.82, 2.24) is 0 Å². The fourth-order valence-corrected chi connectivity index (χ4v) is 2.87. The highest BCUT2D eigenvalue weighted by molar-refractivity contribution is 4.78. The zero-order valence-corrected chi connectivity index (χ0v) is 13.2. The van der Waals surface area contributed by atoms with Crippen molar-refractivity contribution >= 4 is 0 Å². The molecule has 0 amide bonds. The predicted molar refractivity (Wildman–Crippen MR) is 78.2 cm³/mol. The summed E-state index contributed by atoms with van der Waals surface area (Å²) >= 11 is 0. The van der Waals surface area contributed by atoms with Gasteiger partial charge in [0.2, 0.25) is 0 Å². The lowest BCUT2D eigenvalue weighted by Gasteiger charge is -2.28. The first-order valence-corrected chi connectivity index (χ1v) is 8.24. The highest BCUT2D eigenvalue weighted by Crippen LogP contribution is 2.31. The van der Waals surface area contributed by atoms with E-state index in [0.29, 0.717) is 25.7 Å². The van der Waals surface area contributed by atoms with E-state index >= 15 is 0 Å². The van der Waals surface area contributed by atoms with Crippen molar-refractivity contribution in [1.29, 1.82) is 0 Å². The van der Waals surface area contributed by atoms with Crippen LogP contribution in [0.5, 0.6) is 0 Å². The van der Waals surface area contributed by atoms with Crippen LogP contribution in [0.15, 0.2) is 0 Å². The zero-order chi connectivity index (χ0) is 15.9. The lowest BCUT2D eigenvalue weighted by atomic mass is 9.88. The molecule has 2 N–H and O–H groups in total. The maximum Gasteiger partial charge on any atom is 0.273 e. The highest BCUT2D eigenvalue weighted by atomic mass is 19.3. The van der Waals surface area contributed by atoms with Gasteiger partial charge in [-0.3, -0.25) is 0 Å². The van der Waals surface area contributed by atoms with Crippen LogP contribution in [0.3, 0.4) is 0 Å². The molecule has 0 aromatic heterocycles. The summed E-state index contributed by atoms with van der Waals surface area (Å²) in [4.78, 5) is 0. The second-order valence-electron chi connectivity index (χ2n) is 6.38. The molecule has 1 fully saturated rings. The topological polar surface area (TPSA) is 49.7 Å². The Bertz CT molecular complexity index is 275. The smallest absolute Gasteiger partial charge is 0.273 e. The summed E-state index contributed by atoms with van der Waals surface area (Å²) in [5.41, 5.74) is 0. The van der Waals surface area contributed by atoms with Crippen LogP contribution in [0.25, 0.3) is 0 Å². The fourth-order valence-electron chi connectivity index (χ4n) is 2.87. The molecule has 0 radical (unpaired) electrons. The maximum atomic E-state index is 13.7. The van der Waals surface area contributed by atoms with Gasteiger partial charge in [0.25, 0.3) is 5.92 Å². The van der Waals surface area contributed by atoms with E-state index in [9.17, 15) is 19.0 Å². The summed E-state index contributed by atoms with van der Waals surface area (Å²) in [5.74, 6) is -2.70. The molecule has 1 rings (SSSR count). The minimum atomic E-state index is -2.98. The zero-order valence-electron chi connectivity index (χ0n) is 13.2. The number of hydrogen-bond donors (Lipinski definition) is 2. The first-order valence-electron chi connectivity index (χ1n) is 8.24. The van der Waals surface area contributed by atoms with Gasteiger partial charge in [0, 0.05) is 6.42 Å². The van der Waals surface area contributed by atoms with Gasteiger partial charge in [-0.25, -0.2) is 8.78 Å². The Hall–Kier alpha value is -0.260. The summed E-state index contributed by atoms with van der Waals surface area (Å²) in [6.45, 7) is 3.78. The third-order valence-electron chi connectivity index (χ3n) is 4.39. The van der Waals surface area contributed by atoms with Gasteiger partial charge in [0.1, 0.15) is 6.10 Å². The average Bonchev–Trinajstić information content (AvgIpc) is 2.42. The number of hydrogen-bond acceptors (Lipinski definition) is 3. The third kappa shape index (κ3) is 7.02. The third-order valence-corrected chi connectivity index (χ3v) is 4.39. The molecule has 0 bridgehead atoms. The average molecular weight is 308 g/mol. The first kappa shape index (κ1) is 18.8. The Morgan fingerprint density at radius 3 is 2.57 bits per heavy atom. The number of rotatable bonds is 7. The van der Waals surface area contributed by atoms with Crippen LogP contribution >= 0.6 is 0 Å². The predicted octanol–water partition coefficient (Wildman–Crippen LogP) is 3.87. The molecular weight excluding hydrogens is 278 g/mol. The van der Waals surface area contributed by atoms with Gasteiger partial charge in [-0.15, -0.1) is 0 Å². The van der Waals surface area contributed by atoms with Crippen LogP contribution in [0.2, 0.25) is 0 Å². The van der Waals surface area contributed by atoms with E-state index in [1.165, 1.54) is 0 Å². The SMILES string of the molecule is CCCCC(F)(F)C(O)CC[C@@H]1CCC(O)O[C@H](C)CC1. The van der Waals surface area contributed by atoms with Crippen molar-refractivity contribution in [2.75, 3.05) is 0 Å². The van der Waals surface area contributed by atoms with Crippen LogP contribution < -0.4 is 0 Å². The molecule has 0 aliphatic carbocycles. The van der Waals surface area contributed by atoms with Gasteiger partial charge in [0.15, 0.2) is 6.29 Å². The molecule has 0 aromatic rings. The van der Waals surface area contributed by atoms with Crippen LogP contribution in [-0.2, 0) is 4.74 Å². The van der Waals surface area contributed by atoms with Gasteiger partial charge in [-0.2, -0.15) is 0 Å². The lowest BCUT2D eigenvalue weighted by molar-refractivity contribution is -0.146. The van der Waals surface area contributed by atoms with Gasteiger partial charge >= 0.3 is 0 Å². The van der Waals surface area contributed by atoms with Crippen molar-refractivity contribution in [3.05, 3.63) is 0 Å². The van der Waals surface area contributed by atoms with Crippen LogP contribution in [0, 0.1) is 5.92 Å². The van der Waals surface area contributed by atoms with Crippen molar-refractivity contribution in [3.8, 4) is 0 Å². The number of alkyl halides is 2. The van der Waals surface area contributed by atoms with E-state index in [1.54, 1.807) is 0 Å². The van der Waals surface area contributed by atoms with E-state index in [-0.39, 0.29) is 24.9 Å². The Balaban J connectivity index is 2.38. The standard InChI is InChI=1S/C16H30F2O3/c1-3-4-11-16(17,18)14(19)9-7-13-6-5-12(2)21-15(20)10-8-13/h12-15,19-20H,3-11H2,1-2H3/t12-,13-,14?,15?/m1/s1. The molecule has 1 saturated heterocycles. The van der Waals surface area contributed by atoms with Crippen molar-refractivity contribution in [2.24, 2.45) is 5.92 Å². The molecule has 3 nitrogen and oxygen atoms in total. The van der Waals surface area contributed by atoms with E-state index in [2.05, 4.69) is 0 Å². The monoisotopic (exact) mass is 308 g/mol. The number of aliphatic hydroxyl groups is 2. The van der Waals surface area contributed by atoms with Crippen molar-refractivity contribution < 1.29 is 23.7 Å². The van der Waals surface area contributed by atoms with E-state index < -0.39 is 18.3 Å². The second kappa shape index (κ2) is 9.01. The second-order valence-corrected chi connectivity index (χ2v) is 6.38. The van der Waals surface area contributed by atoms with Gasteiger partial charge < -0.3 is 14.9 Å². The first-order chi connectivity index (χ1) is 9.85. The highest BCUT2D eigenvalue weighted by Gasteiger charge is 2.37. The molecule has 1 heterocycles. The summed E-state index contributed by atoms with van der Waals surface area (Å²) < 4.78 is 32.8. The molecule has 0 aromatic carbocycles. The van der Waals surface area contributed by atoms with Crippen LogP contribution in [-0.4, -0.2) is 34.6 Å². The van der Waals surface area contributed by atoms with Crippen molar-refractivity contribution in [3.63, 3.8) is 0 Å². The maximum absolute atomic E-state index is 13.7. The minimum absolute atomic E-state index is 0.00119. The van der Waals surface area contributed by atoms with Gasteiger partial charge in [-0.05, 0) is 57.8 Å². The number of aliphatic hydroxyl groups excluding tert-OH is 2. The normalized spacial score (nSPS) is 29.7. The molecule has 126 valence electrons. The molecule has 21 heavy (non-hydrogen) atoms. The summed E-state index contributed by atoms with van der Waals surface area (Å²) in [6, 6.07) is 0. The molecular formula is C16H30F2O3. The lowest BCUT2D eigenvalue weighted by Crippen LogP contribution is -2.34. The van der Waals surface area contributed by atoms with E-state index in [4.69, 9.17) is 4.74 Å². The molecule has 0 saturated carbocycles. The molecule has 1 aliphatic rings. The van der Waals surface area contributed by atoms with Gasteiger partial charge in [-0.1, -0.05) is 13.3 Å². The molecule has 2 unspecified atom stereocenters. The molecule has 5 heteroatoms. The van der Waals surface area contributed by atoms with Gasteiger partial charge in [0.05, 0.1) is 6.10 Å². The Labute approximate surface area is 126 Å². The molecule has 0 spiro atoms. The fraction of sp³-hybridized carbons (Fsp3) is 1.00. The summed E-state index contributed by atoms with van der Waals surface area (Å²) in [7, 11) is 0. The molecule has 1 aliphatic heterocycles. The van der Waals surface area contributed by atoms with Crippen molar-refractivity contribution in [2.45, 2.75) is 96.1 Å². The Kier molecular flexibility index (Phi) is 8.06. The largest absolute Gasteiger partial charge is 0.387 e. The minimum Gasteiger partial charge on any atom is -0.387 e. The van der Waals surface area contributed by atoms with E-state index in [0.717, 1.165) is 19.3 Å². The number of unbranched alkanes of at least 4 members (excludes halogenated alkanes) is 1. The van der Waals surface area contributed by atoms with E-state index in [1.807, 2.05) is 13.8 Å². The summed E-state index contributed by atoms with van der Waals surface area (Å²) in [5, 5.41) is 19.4. The Morgan fingerprint density at radius 1 is 1.24 bits per heavy atom. The summed E-state index contributed by atoms with van der Waals surface area (Å²) in [6.07, 6.45) is 2.36. The van der Waals surface area contributed by atoms with Crippen LogP contribution in [0.1, 0.15) is 71.6 Å². The Morgan fingerprint density at radius 2 is 1.90 bits per heavy atom. The van der Waals surface area contributed by atoms with Crippen LogP contribution in [0.4, 0.5) is 8.78 Å².